The molecule has 78 valence electrons. The van der Waals surface area contributed by atoms with E-state index in [2.05, 4.69) is 4.98 Å². The minimum Gasteiger partial charge on any atom is -0.424 e. The van der Waals surface area contributed by atoms with Crippen LogP contribution in [0.1, 0.15) is 27.7 Å². The minimum absolute atomic E-state index is 0.403. The number of nitrogens with zero attached hydrogens (tertiary/aromatic N) is 2. The van der Waals surface area contributed by atoms with Gasteiger partial charge in [-0.15, -0.1) is 0 Å². The van der Waals surface area contributed by atoms with Gasteiger partial charge in [-0.1, -0.05) is 5.23 Å². The Kier molecular flexibility index (Phi) is 1.84. The lowest BCUT2D eigenvalue weighted by Crippen LogP contribution is -2.41. The average Bonchev–Trinajstić information content (AvgIpc) is 2.58. The molecule has 0 spiro atoms. The highest BCUT2D eigenvalue weighted by atomic mass is 17.0. The van der Waals surface area contributed by atoms with Crippen LogP contribution < -0.4 is 5.23 Å². The summed E-state index contributed by atoms with van der Waals surface area (Å²) in [6, 6.07) is 0. The number of hydrogen-bond acceptors (Lipinski definition) is 5. The third kappa shape index (κ3) is 1.29. The largest absolute Gasteiger partial charge is 0.424 e. The molecule has 2 heterocycles. The van der Waals surface area contributed by atoms with Gasteiger partial charge in [-0.25, -0.2) is 14.7 Å². The highest BCUT2D eigenvalue weighted by Gasteiger charge is 2.50. The Labute approximate surface area is 82.5 Å². The number of oxazole rings is 1. The molecule has 1 saturated heterocycles. The molecule has 1 aromatic heterocycles. The van der Waals surface area contributed by atoms with Crippen molar-refractivity contribution in [3.8, 4) is 0 Å². The van der Waals surface area contributed by atoms with Gasteiger partial charge in [0.1, 0.15) is 11.2 Å². The Hall–Kier alpha value is -1.07. The van der Waals surface area contributed by atoms with Crippen molar-refractivity contribution < 1.29 is 14.1 Å². The van der Waals surface area contributed by atoms with E-state index in [1.165, 1.54) is 17.8 Å². The fraction of sp³-hybridized carbons (Fsp3) is 0.667. The molecular formula is C9H14N2O3. The fourth-order valence-electron chi connectivity index (χ4n) is 1.04. The number of aromatic nitrogens is 1. The van der Waals surface area contributed by atoms with Gasteiger partial charge >= 0.3 is 0 Å². The van der Waals surface area contributed by atoms with E-state index >= 15 is 0 Å². The Morgan fingerprint density at radius 2 is 1.71 bits per heavy atom. The molecule has 1 aromatic rings. The van der Waals surface area contributed by atoms with E-state index < -0.39 is 11.2 Å². The summed E-state index contributed by atoms with van der Waals surface area (Å²) in [5, 5.41) is 1.27. The van der Waals surface area contributed by atoms with Crippen LogP contribution in [0, 0.1) is 0 Å². The first-order valence-corrected chi connectivity index (χ1v) is 4.49. The molecule has 0 radical (unpaired) electrons. The summed E-state index contributed by atoms with van der Waals surface area (Å²) in [5.41, 5.74) is -0.806. The molecular weight excluding hydrogens is 184 g/mol. The van der Waals surface area contributed by atoms with Gasteiger partial charge in [0.25, 0.3) is 5.88 Å². The van der Waals surface area contributed by atoms with E-state index in [0.717, 1.165) is 0 Å². The highest BCUT2D eigenvalue weighted by Crippen LogP contribution is 2.39. The zero-order chi connectivity index (χ0) is 10.4. The van der Waals surface area contributed by atoms with Crippen LogP contribution in [0.2, 0.25) is 0 Å². The predicted molar refractivity (Wildman–Crippen MR) is 49.3 cm³/mol. The van der Waals surface area contributed by atoms with Crippen molar-refractivity contribution in [2.24, 2.45) is 0 Å². The molecule has 14 heavy (non-hydrogen) atoms. The van der Waals surface area contributed by atoms with Crippen LogP contribution in [-0.4, -0.2) is 16.2 Å². The van der Waals surface area contributed by atoms with Gasteiger partial charge in [-0.3, -0.25) is 0 Å². The van der Waals surface area contributed by atoms with Gasteiger partial charge in [0, 0.05) is 0 Å². The van der Waals surface area contributed by atoms with Crippen molar-refractivity contribution in [3.05, 3.63) is 12.6 Å². The Bertz CT molecular complexity index is 303. The second-order valence-corrected chi connectivity index (χ2v) is 4.30. The van der Waals surface area contributed by atoms with Gasteiger partial charge in [0.2, 0.25) is 0 Å². The summed E-state index contributed by atoms with van der Waals surface area (Å²) in [5.74, 6) is 0.448. The van der Waals surface area contributed by atoms with Crippen LogP contribution in [0.25, 0.3) is 0 Å². The SMILES string of the molecule is CC1(C)ON(c2cnco2)OC1(C)C. The second kappa shape index (κ2) is 2.71. The summed E-state index contributed by atoms with van der Waals surface area (Å²) >= 11 is 0. The van der Waals surface area contributed by atoms with Gasteiger partial charge in [0.15, 0.2) is 6.39 Å². The van der Waals surface area contributed by atoms with E-state index in [-0.39, 0.29) is 0 Å². The third-order valence-electron chi connectivity index (χ3n) is 2.67. The summed E-state index contributed by atoms with van der Waals surface area (Å²) in [7, 11) is 0. The summed E-state index contributed by atoms with van der Waals surface area (Å²) < 4.78 is 5.07. The first-order chi connectivity index (χ1) is 6.42. The standard InChI is InChI=1S/C9H14N2O3/c1-8(2)9(3,4)14-11(13-8)7-5-10-6-12-7/h5-6H,1-4H3. The molecule has 1 fully saturated rings. The summed E-state index contributed by atoms with van der Waals surface area (Å²) in [6.07, 6.45) is 2.87. The van der Waals surface area contributed by atoms with Gasteiger partial charge in [-0.05, 0) is 27.7 Å². The average molecular weight is 198 g/mol. The van der Waals surface area contributed by atoms with Crippen molar-refractivity contribution in [1.29, 1.82) is 0 Å². The Morgan fingerprint density at radius 3 is 2.14 bits per heavy atom. The van der Waals surface area contributed by atoms with Crippen LogP contribution in [0.5, 0.6) is 0 Å². The van der Waals surface area contributed by atoms with Gasteiger partial charge < -0.3 is 4.42 Å². The predicted octanol–water partition coefficient (Wildman–Crippen LogP) is 1.91. The highest BCUT2D eigenvalue weighted by molar-refractivity contribution is 5.25. The lowest BCUT2D eigenvalue weighted by molar-refractivity contribution is -0.0361. The second-order valence-electron chi connectivity index (χ2n) is 4.30. The molecule has 0 aliphatic carbocycles. The van der Waals surface area contributed by atoms with Crippen LogP contribution in [0.15, 0.2) is 17.0 Å². The van der Waals surface area contributed by atoms with E-state index in [1.807, 2.05) is 27.7 Å². The maximum Gasteiger partial charge on any atom is 0.267 e. The molecule has 1 aliphatic heterocycles. The van der Waals surface area contributed by atoms with Crippen molar-refractivity contribution in [3.63, 3.8) is 0 Å². The molecule has 5 nitrogen and oxygen atoms in total. The monoisotopic (exact) mass is 198 g/mol. The number of anilines is 1. The first-order valence-electron chi connectivity index (χ1n) is 4.49. The van der Waals surface area contributed by atoms with E-state index in [4.69, 9.17) is 14.1 Å². The van der Waals surface area contributed by atoms with Crippen LogP contribution >= 0.6 is 0 Å². The molecule has 0 bridgehead atoms. The Balaban J connectivity index is 2.22. The molecule has 5 heteroatoms. The van der Waals surface area contributed by atoms with E-state index in [9.17, 15) is 0 Å². The summed E-state index contributed by atoms with van der Waals surface area (Å²) in [6.45, 7) is 7.85. The van der Waals surface area contributed by atoms with Crippen LogP contribution in [0.4, 0.5) is 5.88 Å². The quantitative estimate of drug-likeness (QED) is 0.689. The molecule has 0 saturated carbocycles. The van der Waals surface area contributed by atoms with Crippen molar-refractivity contribution in [2.75, 3.05) is 5.23 Å². The topological polar surface area (TPSA) is 47.7 Å². The zero-order valence-corrected chi connectivity index (χ0v) is 8.77. The van der Waals surface area contributed by atoms with Gasteiger partial charge in [-0.2, -0.15) is 0 Å². The molecule has 0 unspecified atom stereocenters. The zero-order valence-electron chi connectivity index (χ0n) is 8.77. The lowest BCUT2D eigenvalue weighted by atomic mass is 9.90. The Morgan fingerprint density at radius 1 is 1.14 bits per heavy atom. The van der Waals surface area contributed by atoms with Gasteiger partial charge in [0.05, 0.1) is 6.20 Å². The van der Waals surface area contributed by atoms with Crippen LogP contribution in [-0.2, 0) is 9.68 Å². The van der Waals surface area contributed by atoms with Crippen molar-refractivity contribution in [2.45, 2.75) is 38.9 Å². The molecule has 0 amide bonds. The van der Waals surface area contributed by atoms with Crippen molar-refractivity contribution >= 4 is 5.88 Å². The third-order valence-corrected chi connectivity index (χ3v) is 2.67. The maximum atomic E-state index is 5.59. The first kappa shape index (κ1) is 9.48. The number of rotatable bonds is 1. The van der Waals surface area contributed by atoms with Crippen molar-refractivity contribution in [1.82, 2.24) is 4.98 Å². The van der Waals surface area contributed by atoms with E-state index in [1.54, 1.807) is 0 Å². The number of hydrogen-bond donors (Lipinski definition) is 0. The molecule has 0 atom stereocenters. The maximum absolute atomic E-state index is 5.59. The smallest absolute Gasteiger partial charge is 0.267 e. The fourth-order valence-corrected chi connectivity index (χ4v) is 1.04. The van der Waals surface area contributed by atoms with Crippen LogP contribution in [0.3, 0.4) is 0 Å². The molecule has 0 N–H and O–H groups in total. The summed E-state index contributed by atoms with van der Waals surface area (Å²) in [4.78, 5) is 15.0. The lowest BCUT2D eigenvalue weighted by Gasteiger charge is -2.26. The normalized spacial score (nSPS) is 24.1. The molecule has 0 aromatic carbocycles. The molecule has 2 rings (SSSR count). The molecule has 1 aliphatic rings. The minimum atomic E-state index is -0.403. The van der Waals surface area contributed by atoms with E-state index in [0.29, 0.717) is 5.88 Å².